The van der Waals surface area contributed by atoms with Crippen molar-refractivity contribution in [2.45, 2.75) is 20.1 Å². The normalized spacial score (nSPS) is 17.7. The van der Waals surface area contributed by atoms with Crippen LogP contribution in [0.1, 0.15) is 18.1 Å². The van der Waals surface area contributed by atoms with Crippen LogP contribution in [0.3, 0.4) is 0 Å². The largest absolute Gasteiger partial charge is 0.433 e. The summed E-state index contributed by atoms with van der Waals surface area (Å²) in [6, 6.07) is 16.5. The summed E-state index contributed by atoms with van der Waals surface area (Å²) in [5.41, 5.74) is 3.47. The number of hydrogen-bond donors (Lipinski definition) is 0. The van der Waals surface area contributed by atoms with E-state index >= 15 is 0 Å². The second-order valence-corrected chi connectivity index (χ2v) is 4.58. The lowest BCUT2D eigenvalue weighted by Gasteiger charge is -2.20. The molecule has 0 radical (unpaired) electrons. The van der Waals surface area contributed by atoms with E-state index in [1.807, 2.05) is 18.2 Å². The lowest BCUT2D eigenvalue weighted by Crippen LogP contribution is -2.30. The number of ether oxygens (including phenoxy) is 1. The van der Waals surface area contributed by atoms with Crippen LogP contribution in [-0.2, 0) is 0 Å². The molecule has 18 heavy (non-hydrogen) atoms. The summed E-state index contributed by atoms with van der Waals surface area (Å²) in [5, 5.41) is 0. The first-order chi connectivity index (χ1) is 8.75. The van der Waals surface area contributed by atoms with Gasteiger partial charge in [0.2, 0.25) is 5.69 Å². The Labute approximate surface area is 107 Å². The minimum Gasteiger partial charge on any atom is -0.433 e. The number of rotatable bonds is 1. The molecule has 2 nitrogen and oxygen atoms in total. The first kappa shape index (κ1) is 11.0. The molecule has 2 aromatic carbocycles. The van der Waals surface area contributed by atoms with Crippen molar-refractivity contribution in [3.63, 3.8) is 0 Å². The van der Waals surface area contributed by atoms with Crippen molar-refractivity contribution in [2.24, 2.45) is 0 Å². The van der Waals surface area contributed by atoms with Gasteiger partial charge >= 0.3 is 0 Å². The van der Waals surface area contributed by atoms with Crippen LogP contribution in [0.25, 0.3) is 0 Å². The van der Waals surface area contributed by atoms with Gasteiger partial charge in [0.05, 0.1) is 5.56 Å². The molecule has 0 fully saturated rings. The molecule has 2 heteroatoms. The third-order valence-corrected chi connectivity index (χ3v) is 3.26. The second kappa shape index (κ2) is 4.30. The Hall–Kier alpha value is -2.09. The van der Waals surface area contributed by atoms with E-state index in [0.29, 0.717) is 0 Å². The third-order valence-electron chi connectivity index (χ3n) is 3.26. The maximum atomic E-state index is 6.02. The third kappa shape index (κ3) is 1.80. The molecule has 0 N–H and O–H groups in total. The molecule has 0 saturated carbocycles. The molecule has 0 aromatic heterocycles. The fourth-order valence-electron chi connectivity index (χ4n) is 2.30. The fraction of sp³-hybridized carbons (Fsp3) is 0.188. The minimum absolute atomic E-state index is 0.0148. The van der Waals surface area contributed by atoms with Crippen LogP contribution >= 0.6 is 0 Å². The number of hydrogen-bond acceptors (Lipinski definition) is 1. The van der Waals surface area contributed by atoms with Crippen molar-refractivity contribution in [3.8, 4) is 5.75 Å². The van der Waals surface area contributed by atoms with Crippen molar-refractivity contribution in [1.29, 1.82) is 0 Å². The van der Waals surface area contributed by atoms with Crippen LogP contribution in [0.15, 0.2) is 48.5 Å². The molecule has 0 bridgehead atoms. The summed E-state index contributed by atoms with van der Waals surface area (Å²) in [6.45, 7) is 4.15. The van der Waals surface area contributed by atoms with Crippen molar-refractivity contribution in [1.82, 2.24) is 0 Å². The number of nitrogens with zero attached hydrogens (tertiary/aromatic N) is 1. The quantitative estimate of drug-likeness (QED) is 0.693. The lowest BCUT2D eigenvalue weighted by molar-refractivity contribution is -0.522. The number of para-hydroxylation sites is 2. The van der Waals surface area contributed by atoms with Crippen molar-refractivity contribution in [3.05, 3.63) is 59.7 Å². The van der Waals surface area contributed by atoms with E-state index in [4.69, 9.17) is 4.74 Å². The minimum atomic E-state index is 0.0148. The van der Waals surface area contributed by atoms with Crippen molar-refractivity contribution >= 4 is 11.9 Å². The molecule has 2 aromatic rings. The Morgan fingerprint density at radius 3 is 2.56 bits per heavy atom. The van der Waals surface area contributed by atoms with Gasteiger partial charge in [-0.1, -0.05) is 30.3 Å². The smallest absolute Gasteiger partial charge is 0.299 e. The van der Waals surface area contributed by atoms with Crippen LogP contribution in [0.2, 0.25) is 0 Å². The molecular formula is C16H16NO+. The molecule has 1 aliphatic rings. The zero-order chi connectivity index (χ0) is 12.5. The van der Waals surface area contributed by atoms with Crippen molar-refractivity contribution in [2.75, 3.05) is 0 Å². The van der Waals surface area contributed by atoms with Gasteiger partial charge in [-0.05, 0) is 18.6 Å². The monoisotopic (exact) mass is 238 g/mol. The average molecular weight is 238 g/mol. The Bertz CT molecular complexity index is 602. The summed E-state index contributed by atoms with van der Waals surface area (Å²) >= 11 is 0. The molecule has 1 unspecified atom stereocenters. The SMILES string of the molecule is Cc1cccc2c1OC(C)[N+](c1ccccc1)=C2. The Morgan fingerprint density at radius 2 is 1.78 bits per heavy atom. The Morgan fingerprint density at radius 1 is 1.00 bits per heavy atom. The molecule has 1 heterocycles. The van der Waals surface area contributed by atoms with E-state index in [1.54, 1.807) is 0 Å². The molecule has 0 spiro atoms. The van der Waals surface area contributed by atoms with Crippen LogP contribution < -0.4 is 4.74 Å². The predicted molar refractivity (Wildman–Crippen MR) is 72.8 cm³/mol. The molecule has 1 aliphatic heterocycles. The van der Waals surface area contributed by atoms with E-state index < -0.39 is 0 Å². The zero-order valence-corrected chi connectivity index (χ0v) is 10.6. The van der Waals surface area contributed by atoms with E-state index in [0.717, 1.165) is 17.0 Å². The van der Waals surface area contributed by atoms with E-state index in [-0.39, 0.29) is 6.23 Å². The summed E-state index contributed by atoms with van der Waals surface area (Å²) in [5.74, 6) is 0.997. The van der Waals surface area contributed by atoms with E-state index in [9.17, 15) is 0 Å². The number of fused-ring (bicyclic) bond motifs is 1. The molecule has 1 atom stereocenters. The lowest BCUT2D eigenvalue weighted by atomic mass is 10.1. The van der Waals surface area contributed by atoms with Crippen LogP contribution in [0.5, 0.6) is 5.75 Å². The fourth-order valence-corrected chi connectivity index (χ4v) is 2.30. The van der Waals surface area contributed by atoms with Gasteiger partial charge in [-0.3, -0.25) is 0 Å². The zero-order valence-electron chi connectivity index (χ0n) is 10.6. The predicted octanol–water partition coefficient (Wildman–Crippen LogP) is 3.50. The summed E-state index contributed by atoms with van der Waals surface area (Å²) in [6.07, 6.45) is 2.17. The highest BCUT2D eigenvalue weighted by atomic mass is 16.5. The van der Waals surface area contributed by atoms with Gasteiger partial charge in [-0.2, -0.15) is 4.58 Å². The molecule has 0 saturated heterocycles. The number of benzene rings is 2. The van der Waals surface area contributed by atoms with Crippen LogP contribution in [0, 0.1) is 6.92 Å². The summed E-state index contributed by atoms with van der Waals surface area (Å²) < 4.78 is 8.18. The van der Waals surface area contributed by atoms with E-state index in [2.05, 4.69) is 55.0 Å². The molecular weight excluding hydrogens is 222 g/mol. The molecule has 3 rings (SSSR count). The summed E-state index contributed by atoms with van der Waals surface area (Å²) in [7, 11) is 0. The highest BCUT2D eigenvalue weighted by molar-refractivity contribution is 5.82. The highest BCUT2D eigenvalue weighted by Crippen LogP contribution is 2.28. The molecule has 90 valence electrons. The second-order valence-electron chi connectivity index (χ2n) is 4.58. The molecule has 0 amide bonds. The Balaban J connectivity index is 2.12. The average Bonchev–Trinajstić information content (AvgIpc) is 2.40. The van der Waals surface area contributed by atoms with Gasteiger partial charge in [0.15, 0.2) is 6.21 Å². The van der Waals surface area contributed by atoms with Crippen molar-refractivity contribution < 1.29 is 9.31 Å². The van der Waals surface area contributed by atoms with Gasteiger partial charge in [0.25, 0.3) is 6.23 Å². The van der Waals surface area contributed by atoms with Crippen LogP contribution in [0.4, 0.5) is 5.69 Å². The standard InChI is InChI=1S/C16H16NO/c1-12-7-6-8-14-11-17(13(2)18-16(12)14)15-9-4-3-5-10-15/h3-11,13H,1-2H3/q+1. The highest BCUT2D eigenvalue weighted by Gasteiger charge is 2.26. The van der Waals surface area contributed by atoms with E-state index in [1.165, 1.54) is 5.56 Å². The maximum absolute atomic E-state index is 6.02. The summed E-state index contributed by atoms with van der Waals surface area (Å²) in [4.78, 5) is 0. The van der Waals surface area contributed by atoms with Gasteiger partial charge in [-0.15, -0.1) is 0 Å². The first-order valence-electron chi connectivity index (χ1n) is 6.20. The van der Waals surface area contributed by atoms with Crippen LogP contribution in [-0.4, -0.2) is 17.0 Å². The van der Waals surface area contributed by atoms with Gasteiger partial charge in [-0.25, -0.2) is 0 Å². The first-order valence-corrected chi connectivity index (χ1v) is 6.20. The Kier molecular flexibility index (Phi) is 2.63. The van der Waals surface area contributed by atoms with Gasteiger partial charge in [0, 0.05) is 19.1 Å². The van der Waals surface area contributed by atoms with Gasteiger partial charge < -0.3 is 4.74 Å². The number of aryl methyl sites for hydroxylation is 1. The maximum Gasteiger partial charge on any atom is 0.299 e. The topological polar surface area (TPSA) is 12.2 Å². The molecule has 0 aliphatic carbocycles. The van der Waals surface area contributed by atoms with Gasteiger partial charge in [0.1, 0.15) is 5.75 Å².